The van der Waals surface area contributed by atoms with Crippen LogP contribution in [0.1, 0.15) is 120 Å². The molecule has 1 nitrogen and oxygen atoms in total. The molecule has 5 aliphatic carbocycles. The van der Waals surface area contributed by atoms with Crippen LogP contribution in [0.3, 0.4) is 0 Å². The molecule has 0 heterocycles. The van der Waals surface area contributed by atoms with Crippen molar-refractivity contribution >= 4 is 8.32 Å². The van der Waals surface area contributed by atoms with Crippen LogP contribution in [0.25, 0.3) is 0 Å². The average Bonchev–Trinajstić information content (AvgIpc) is 2.71. The summed E-state index contributed by atoms with van der Waals surface area (Å²) in [5, 5.41) is 0. The topological polar surface area (TPSA) is 9.23 Å². The van der Waals surface area contributed by atoms with Crippen molar-refractivity contribution < 1.29 is 4.43 Å². The highest BCUT2D eigenvalue weighted by molar-refractivity contribution is 6.69. The molecular weight excluding hydrogens is 440 g/mol. The Balaban J connectivity index is 1.51. The van der Waals surface area contributed by atoms with Crippen LogP contribution in [0.15, 0.2) is 11.6 Å². The molecule has 0 spiro atoms. The summed E-state index contributed by atoms with van der Waals surface area (Å²) in [7, 11) is -1.54. The summed E-state index contributed by atoms with van der Waals surface area (Å²) in [6.45, 7) is 28.3. The van der Waals surface area contributed by atoms with Crippen LogP contribution in [0, 0.1) is 50.2 Å². The molecule has 35 heavy (non-hydrogen) atoms. The van der Waals surface area contributed by atoms with Crippen molar-refractivity contribution in [3.63, 3.8) is 0 Å². The van der Waals surface area contributed by atoms with E-state index in [-0.39, 0.29) is 5.41 Å². The third-order valence-electron chi connectivity index (χ3n) is 13.5. The Labute approximate surface area is 219 Å². The van der Waals surface area contributed by atoms with Crippen molar-refractivity contribution in [2.45, 2.75) is 145 Å². The van der Waals surface area contributed by atoms with Gasteiger partial charge in [0.25, 0.3) is 0 Å². The van der Waals surface area contributed by atoms with E-state index < -0.39 is 8.32 Å². The van der Waals surface area contributed by atoms with Crippen molar-refractivity contribution in [2.75, 3.05) is 0 Å². The number of hydrogen-bond acceptors (Lipinski definition) is 1. The molecule has 0 aromatic heterocycles. The van der Waals surface area contributed by atoms with E-state index in [0.717, 1.165) is 17.8 Å². The molecule has 0 bridgehead atoms. The quantitative estimate of drug-likeness (QED) is 0.272. The van der Waals surface area contributed by atoms with Gasteiger partial charge < -0.3 is 4.43 Å². The van der Waals surface area contributed by atoms with Gasteiger partial charge in [0, 0.05) is 0 Å². The Morgan fingerprint density at radius 2 is 1.43 bits per heavy atom. The fourth-order valence-corrected chi connectivity index (χ4v) is 12.4. The molecule has 5 aliphatic rings. The van der Waals surface area contributed by atoms with Gasteiger partial charge in [-0.2, -0.15) is 0 Å². The summed E-state index contributed by atoms with van der Waals surface area (Å²) < 4.78 is 6.87. The third kappa shape index (κ3) is 3.76. The summed E-state index contributed by atoms with van der Waals surface area (Å²) in [5.41, 5.74) is 4.49. The average molecular weight is 499 g/mol. The maximum absolute atomic E-state index is 6.87. The zero-order chi connectivity index (χ0) is 25.9. The molecule has 4 saturated carbocycles. The standard InChI is InChI=1S/C33H58OSi/c1-28(2)18-19-30(5)20-21-32(7)23(24(30)22-28)12-13-26-31(6)16-15-27(34-35(9,10)11)29(3,4)25(31)14-17-33(26,32)8/h12,24-27H,13-22H2,1-11H3. The van der Waals surface area contributed by atoms with Gasteiger partial charge >= 0.3 is 0 Å². The molecule has 2 heteroatoms. The zero-order valence-electron chi connectivity index (χ0n) is 25.4. The molecule has 200 valence electrons. The molecule has 8 unspecified atom stereocenters. The van der Waals surface area contributed by atoms with Crippen LogP contribution in [0.2, 0.25) is 19.6 Å². The minimum absolute atomic E-state index is 0.276. The van der Waals surface area contributed by atoms with Gasteiger partial charge in [0.1, 0.15) is 0 Å². The first kappa shape index (κ1) is 26.5. The molecule has 0 radical (unpaired) electrons. The SMILES string of the molecule is CC1(C)CCC2(C)CCC3(C)C(=CCC4C5(C)CCC(O[Si](C)(C)C)C(C)(C)C5CCC43C)C2C1. The van der Waals surface area contributed by atoms with Crippen molar-refractivity contribution in [2.24, 2.45) is 50.2 Å². The lowest BCUT2D eigenvalue weighted by atomic mass is 9.33. The minimum atomic E-state index is -1.54. The predicted molar refractivity (Wildman–Crippen MR) is 153 cm³/mol. The summed E-state index contributed by atoms with van der Waals surface area (Å²) >= 11 is 0. The second kappa shape index (κ2) is 7.74. The smallest absolute Gasteiger partial charge is 0.184 e. The fourth-order valence-electron chi connectivity index (χ4n) is 11.1. The van der Waals surface area contributed by atoms with Crippen molar-refractivity contribution in [3.8, 4) is 0 Å². The van der Waals surface area contributed by atoms with Crippen molar-refractivity contribution in [3.05, 3.63) is 11.6 Å². The Morgan fingerprint density at radius 3 is 2.09 bits per heavy atom. The first-order chi connectivity index (χ1) is 15.9. The van der Waals surface area contributed by atoms with Crippen LogP contribution in [0.5, 0.6) is 0 Å². The van der Waals surface area contributed by atoms with E-state index >= 15 is 0 Å². The molecule has 0 aromatic rings. The van der Waals surface area contributed by atoms with Crippen LogP contribution in [-0.2, 0) is 4.43 Å². The monoisotopic (exact) mass is 498 g/mol. The highest BCUT2D eigenvalue weighted by Crippen LogP contribution is 2.75. The summed E-state index contributed by atoms with van der Waals surface area (Å²) in [6, 6.07) is 0. The summed E-state index contributed by atoms with van der Waals surface area (Å²) in [4.78, 5) is 0. The van der Waals surface area contributed by atoms with Gasteiger partial charge in [0.05, 0.1) is 6.10 Å². The van der Waals surface area contributed by atoms with Gasteiger partial charge in [-0.15, -0.1) is 0 Å². The Hall–Kier alpha value is -0.0831. The van der Waals surface area contributed by atoms with Crippen molar-refractivity contribution in [1.82, 2.24) is 0 Å². The molecule has 0 aliphatic heterocycles. The third-order valence-corrected chi connectivity index (χ3v) is 14.5. The Kier molecular flexibility index (Phi) is 5.86. The molecular formula is C33H58OSi. The summed E-state index contributed by atoms with van der Waals surface area (Å²) in [5.74, 6) is 2.41. The number of rotatable bonds is 2. The van der Waals surface area contributed by atoms with Gasteiger partial charge in [-0.3, -0.25) is 0 Å². The second-order valence-electron chi connectivity index (χ2n) is 17.4. The normalized spacial score (nSPS) is 50.8. The number of hydrogen-bond donors (Lipinski definition) is 0. The highest BCUT2D eigenvalue weighted by Gasteiger charge is 2.68. The Bertz CT molecular complexity index is 893. The lowest BCUT2D eigenvalue weighted by molar-refractivity contribution is -0.200. The van der Waals surface area contributed by atoms with Crippen LogP contribution in [0.4, 0.5) is 0 Å². The van der Waals surface area contributed by atoms with E-state index in [1.165, 1.54) is 64.2 Å². The highest BCUT2D eigenvalue weighted by atomic mass is 28.4. The van der Waals surface area contributed by atoms with Gasteiger partial charge in [-0.25, -0.2) is 0 Å². The van der Waals surface area contributed by atoms with E-state index in [2.05, 4.69) is 81.1 Å². The maximum atomic E-state index is 6.87. The zero-order valence-corrected chi connectivity index (χ0v) is 26.4. The fraction of sp³-hybridized carbons (Fsp3) is 0.939. The van der Waals surface area contributed by atoms with E-state index in [9.17, 15) is 0 Å². The molecule has 0 amide bonds. The second-order valence-corrected chi connectivity index (χ2v) is 21.9. The minimum Gasteiger partial charge on any atom is -0.414 e. The maximum Gasteiger partial charge on any atom is 0.184 e. The molecule has 5 rings (SSSR count). The van der Waals surface area contributed by atoms with E-state index in [1.807, 2.05) is 5.57 Å². The number of fused-ring (bicyclic) bond motifs is 7. The molecule has 0 saturated heterocycles. The lowest BCUT2D eigenvalue weighted by Crippen LogP contribution is -2.65. The summed E-state index contributed by atoms with van der Waals surface area (Å²) in [6.07, 6.45) is 17.2. The first-order valence-electron chi connectivity index (χ1n) is 15.3. The predicted octanol–water partition coefficient (Wildman–Crippen LogP) is 10.0. The van der Waals surface area contributed by atoms with Gasteiger partial charge in [-0.05, 0) is 134 Å². The largest absolute Gasteiger partial charge is 0.414 e. The van der Waals surface area contributed by atoms with Crippen LogP contribution < -0.4 is 0 Å². The van der Waals surface area contributed by atoms with Gasteiger partial charge in [0.15, 0.2) is 8.32 Å². The van der Waals surface area contributed by atoms with E-state index in [4.69, 9.17) is 4.43 Å². The van der Waals surface area contributed by atoms with E-state index in [0.29, 0.717) is 33.2 Å². The van der Waals surface area contributed by atoms with E-state index in [1.54, 1.807) is 0 Å². The molecule has 0 N–H and O–H groups in total. The molecule has 8 atom stereocenters. The number of allylic oxidation sites excluding steroid dienone is 2. The molecule has 4 fully saturated rings. The lowest BCUT2D eigenvalue weighted by Gasteiger charge is -2.71. The van der Waals surface area contributed by atoms with Gasteiger partial charge in [-0.1, -0.05) is 67.0 Å². The Morgan fingerprint density at radius 1 is 0.771 bits per heavy atom. The van der Waals surface area contributed by atoms with Crippen LogP contribution >= 0.6 is 0 Å². The van der Waals surface area contributed by atoms with Crippen LogP contribution in [-0.4, -0.2) is 14.4 Å². The van der Waals surface area contributed by atoms with Crippen molar-refractivity contribution in [1.29, 1.82) is 0 Å². The molecule has 0 aromatic carbocycles. The first-order valence-corrected chi connectivity index (χ1v) is 18.7. The van der Waals surface area contributed by atoms with Gasteiger partial charge in [0.2, 0.25) is 0 Å².